The molecule has 2 aromatic carbocycles. The summed E-state index contributed by atoms with van der Waals surface area (Å²) in [6.45, 7) is 5.47. The smallest absolute Gasteiger partial charge is 0.279 e. The fourth-order valence-electron chi connectivity index (χ4n) is 3.21. The second kappa shape index (κ2) is 8.43. The number of amides is 1. The lowest BCUT2D eigenvalue weighted by atomic mass is 10.2. The summed E-state index contributed by atoms with van der Waals surface area (Å²) in [5.74, 6) is -0.499. The van der Waals surface area contributed by atoms with E-state index in [1.807, 2.05) is 6.07 Å². The van der Waals surface area contributed by atoms with Gasteiger partial charge in [0.25, 0.3) is 5.91 Å². The second-order valence-electron chi connectivity index (χ2n) is 6.51. The summed E-state index contributed by atoms with van der Waals surface area (Å²) in [6.07, 6.45) is 0. The van der Waals surface area contributed by atoms with Crippen LogP contribution in [0.1, 0.15) is 5.56 Å². The molecule has 132 valence electrons. The van der Waals surface area contributed by atoms with Crippen molar-refractivity contribution in [2.75, 3.05) is 38.0 Å². The van der Waals surface area contributed by atoms with Crippen molar-refractivity contribution in [1.82, 2.24) is 0 Å². The number of carbonyl (C=O) groups excluding carboxylic acids is 1. The molecule has 1 saturated heterocycles. The van der Waals surface area contributed by atoms with Gasteiger partial charge in [0.1, 0.15) is 38.5 Å². The molecule has 0 saturated carbocycles. The van der Waals surface area contributed by atoms with Crippen molar-refractivity contribution in [1.29, 1.82) is 0 Å². The molecule has 0 unspecified atom stereocenters. The van der Waals surface area contributed by atoms with E-state index in [-0.39, 0.29) is 10.9 Å². The van der Waals surface area contributed by atoms with Crippen LogP contribution in [0, 0.1) is 5.82 Å². The van der Waals surface area contributed by atoms with E-state index in [0.717, 1.165) is 32.7 Å². The van der Waals surface area contributed by atoms with Crippen molar-refractivity contribution in [3.63, 3.8) is 0 Å². The molecule has 0 radical (unpaired) electrons. The van der Waals surface area contributed by atoms with Gasteiger partial charge in [-0.25, -0.2) is 4.39 Å². The molecule has 0 atom stereocenters. The zero-order valence-corrected chi connectivity index (χ0v) is 14.8. The van der Waals surface area contributed by atoms with Crippen LogP contribution in [0.5, 0.6) is 0 Å². The van der Waals surface area contributed by atoms with Crippen LogP contribution in [0.15, 0.2) is 48.5 Å². The Morgan fingerprint density at radius 1 is 1.04 bits per heavy atom. The minimum Gasteiger partial charge on any atom is -0.322 e. The third-order valence-corrected chi connectivity index (χ3v) is 4.89. The van der Waals surface area contributed by atoms with E-state index in [9.17, 15) is 9.18 Å². The van der Waals surface area contributed by atoms with E-state index in [1.54, 1.807) is 4.90 Å². The maximum Gasteiger partial charge on any atom is 0.279 e. The molecule has 4 nitrogen and oxygen atoms in total. The Kier molecular flexibility index (Phi) is 6.02. The normalized spacial score (nSPS) is 20.2. The lowest BCUT2D eigenvalue weighted by molar-refractivity contribution is -1.02. The summed E-state index contributed by atoms with van der Waals surface area (Å²) in [4.78, 5) is 15.0. The summed E-state index contributed by atoms with van der Waals surface area (Å²) in [7, 11) is 0. The minimum absolute atomic E-state index is 0.0879. The average molecular weight is 364 g/mol. The molecule has 6 heteroatoms. The third kappa shape index (κ3) is 5.26. The highest BCUT2D eigenvalue weighted by Gasteiger charge is 2.25. The highest BCUT2D eigenvalue weighted by atomic mass is 35.5. The Hall–Kier alpha value is -1.95. The Morgan fingerprint density at radius 3 is 2.40 bits per heavy atom. The summed E-state index contributed by atoms with van der Waals surface area (Å²) < 4.78 is 13.0. The van der Waals surface area contributed by atoms with Crippen LogP contribution in [-0.2, 0) is 11.3 Å². The number of anilines is 1. The molecule has 1 fully saturated rings. The first-order chi connectivity index (χ1) is 12.1. The first kappa shape index (κ1) is 17.9. The number of nitrogens with one attached hydrogen (secondary N) is 3. The molecule has 0 spiro atoms. The van der Waals surface area contributed by atoms with Gasteiger partial charge in [0, 0.05) is 5.56 Å². The average Bonchev–Trinajstić information content (AvgIpc) is 2.60. The van der Waals surface area contributed by atoms with Crippen LogP contribution < -0.4 is 15.1 Å². The Labute approximate surface area is 152 Å². The van der Waals surface area contributed by atoms with Crippen molar-refractivity contribution < 1.29 is 19.0 Å². The third-order valence-electron chi connectivity index (χ3n) is 4.58. The second-order valence-corrected chi connectivity index (χ2v) is 6.92. The molecule has 1 amide bonds. The van der Waals surface area contributed by atoms with E-state index in [0.29, 0.717) is 12.2 Å². The highest BCUT2D eigenvalue weighted by molar-refractivity contribution is 6.33. The number of rotatable bonds is 5. The molecular weight excluding hydrogens is 341 g/mol. The topological polar surface area (TPSA) is 38.0 Å². The summed E-state index contributed by atoms with van der Waals surface area (Å²) in [5, 5.41) is 2.99. The van der Waals surface area contributed by atoms with E-state index in [4.69, 9.17) is 11.6 Å². The number of carbonyl (C=O) groups is 1. The van der Waals surface area contributed by atoms with E-state index in [1.165, 1.54) is 28.7 Å². The van der Waals surface area contributed by atoms with Crippen LogP contribution in [-0.4, -0.2) is 38.6 Å². The van der Waals surface area contributed by atoms with Gasteiger partial charge in [0.15, 0.2) is 6.54 Å². The number of piperazine rings is 1. The van der Waals surface area contributed by atoms with E-state index >= 15 is 0 Å². The van der Waals surface area contributed by atoms with E-state index in [2.05, 4.69) is 29.6 Å². The molecule has 3 rings (SSSR count). The van der Waals surface area contributed by atoms with Crippen LogP contribution in [0.2, 0.25) is 5.02 Å². The predicted octanol–water partition coefficient (Wildman–Crippen LogP) is 0.401. The number of hydrogen-bond acceptors (Lipinski definition) is 1. The Morgan fingerprint density at radius 2 is 1.72 bits per heavy atom. The van der Waals surface area contributed by atoms with Gasteiger partial charge in [-0.2, -0.15) is 0 Å². The summed E-state index contributed by atoms with van der Waals surface area (Å²) in [6, 6.07) is 14.5. The quantitative estimate of drug-likeness (QED) is 0.707. The molecule has 0 aliphatic carbocycles. The first-order valence-corrected chi connectivity index (χ1v) is 8.94. The highest BCUT2D eigenvalue weighted by Crippen LogP contribution is 2.21. The van der Waals surface area contributed by atoms with Crippen LogP contribution in [0.3, 0.4) is 0 Å². The van der Waals surface area contributed by atoms with Gasteiger partial charge in [-0.1, -0.05) is 41.9 Å². The maximum atomic E-state index is 13.0. The van der Waals surface area contributed by atoms with Gasteiger partial charge < -0.3 is 15.1 Å². The first-order valence-electron chi connectivity index (χ1n) is 8.56. The van der Waals surface area contributed by atoms with Crippen LogP contribution in [0.4, 0.5) is 10.1 Å². The molecule has 1 aliphatic rings. The summed E-state index contributed by atoms with van der Waals surface area (Å²) in [5.41, 5.74) is 1.81. The standard InChI is InChI=1S/C19H21ClFN3O/c20-17-12-16(21)6-7-18(17)22-19(25)14-24-10-8-23(9-11-24)13-15-4-2-1-3-5-15/h1-7,12H,8-11,13-14H2,(H,22,25)/p+2. The fourth-order valence-corrected chi connectivity index (χ4v) is 3.42. The van der Waals surface area contributed by atoms with Crippen molar-refractivity contribution >= 4 is 23.2 Å². The van der Waals surface area contributed by atoms with Crippen molar-refractivity contribution in [3.8, 4) is 0 Å². The maximum absolute atomic E-state index is 13.0. The van der Waals surface area contributed by atoms with E-state index < -0.39 is 5.82 Å². The molecule has 1 aliphatic heterocycles. The Bertz CT molecular complexity index is 718. The molecule has 2 aromatic rings. The van der Waals surface area contributed by atoms with Gasteiger partial charge in [0.05, 0.1) is 10.7 Å². The van der Waals surface area contributed by atoms with Gasteiger partial charge in [-0.05, 0) is 18.2 Å². The zero-order chi connectivity index (χ0) is 17.6. The van der Waals surface area contributed by atoms with Crippen LogP contribution >= 0.6 is 11.6 Å². The predicted molar refractivity (Wildman–Crippen MR) is 96.4 cm³/mol. The zero-order valence-electron chi connectivity index (χ0n) is 14.0. The largest absolute Gasteiger partial charge is 0.322 e. The van der Waals surface area contributed by atoms with Gasteiger partial charge >= 0.3 is 0 Å². The molecule has 0 bridgehead atoms. The van der Waals surface area contributed by atoms with Crippen molar-refractivity contribution in [3.05, 3.63) is 64.9 Å². The number of benzene rings is 2. The van der Waals surface area contributed by atoms with Crippen molar-refractivity contribution in [2.24, 2.45) is 0 Å². The van der Waals surface area contributed by atoms with Crippen molar-refractivity contribution in [2.45, 2.75) is 6.54 Å². The molecule has 3 N–H and O–H groups in total. The number of halogens is 2. The number of quaternary nitrogens is 2. The van der Waals surface area contributed by atoms with Crippen LogP contribution in [0.25, 0.3) is 0 Å². The lowest BCUT2D eigenvalue weighted by Gasteiger charge is -2.29. The van der Waals surface area contributed by atoms with Gasteiger partial charge in [-0.3, -0.25) is 4.79 Å². The Balaban J connectivity index is 1.44. The van der Waals surface area contributed by atoms with Gasteiger partial charge in [-0.15, -0.1) is 0 Å². The molecular formula is C19H23ClFN3O+2. The SMILES string of the molecule is O=C(C[NH+]1CC[NH+](Cc2ccccc2)CC1)Nc1ccc(F)cc1Cl. The summed E-state index contributed by atoms with van der Waals surface area (Å²) >= 11 is 5.95. The molecule has 0 aromatic heterocycles. The lowest BCUT2D eigenvalue weighted by Crippen LogP contribution is -3.28. The van der Waals surface area contributed by atoms with Gasteiger partial charge in [0.2, 0.25) is 0 Å². The monoisotopic (exact) mass is 363 g/mol. The molecule has 1 heterocycles. The minimum atomic E-state index is -0.411. The fraction of sp³-hybridized carbons (Fsp3) is 0.316. The molecule has 25 heavy (non-hydrogen) atoms. The number of hydrogen-bond donors (Lipinski definition) is 3.